The van der Waals surface area contributed by atoms with E-state index in [1.807, 2.05) is 18.2 Å². The lowest BCUT2D eigenvalue weighted by Gasteiger charge is -2.23. The normalized spacial score (nSPS) is 15.3. The third-order valence-electron chi connectivity index (χ3n) is 5.49. The number of halogens is 2. The van der Waals surface area contributed by atoms with Crippen molar-refractivity contribution in [1.82, 2.24) is 25.3 Å². The molecule has 4 aromatic rings. The van der Waals surface area contributed by atoms with Crippen molar-refractivity contribution in [3.8, 4) is 22.9 Å². The van der Waals surface area contributed by atoms with E-state index >= 15 is 0 Å². The molecule has 11 heteroatoms. The number of aromatic nitrogens is 4. The van der Waals surface area contributed by atoms with E-state index in [4.69, 9.17) is 16.3 Å². The molecule has 1 aliphatic rings. The number of hydrogen-bond acceptors (Lipinski definition) is 9. The number of ether oxygens (including phenoxy) is 1. The Bertz CT molecular complexity index is 1340. The molecule has 5 rings (SSSR count). The van der Waals surface area contributed by atoms with Crippen LogP contribution < -0.4 is 20.1 Å². The van der Waals surface area contributed by atoms with Gasteiger partial charge in [-0.2, -0.15) is 0 Å². The van der Waals surface area contributed by atoms with E-state index in [-0.39, 0.29) is 17.7 Å². The highest BCUT2D eigenvalue weighted by atomic mass is 35.5. The minimum atomic E-state index is -0.542. The molecule has 36 heavy (non-hydrogen) atoms. The van der Waals surface area contributed by atoms with Gasteiger partial charge in [0.25, 0.3) is 0 Å². The summed E-state index contributed by atoms with van der Waals surface area (Å²) in [6, 6.07) is 14.0. The molecule has 0 radical (unpaired) electrons. The van der Waals surface area contributed by atoms with Crippen LogP contribution in [0.1, 0.15) is 12.8 Å². The average molecular weight is 524 g/mol. The first kappa shape index (κ1) is 24.2. The van der Waals surface area contributed by atoms with Crippen LogP contribution in [0.3, 0.4) is 0 Å². The summed E-state index contributed by atoms with van der Waals surface area (Å²) in [4.78, 5) is 18.1. The van der Waals surface area contributed by atoms with Crippen molar-refractivity contribution in [3.05, 3.63) is 78.1 Å². The zero-order valence-electron chi connectivity index (χ0n) is 19.1. The van der Waals surface area contributed by atoms with Gasteiger partial charge in [-0.1, -0.05) is 23.7 Å². The van der Waals surface area contributed by atoms with Crippen molar-refractivity contribution in [3.63, 3.8) is 0 Å². The lowest BCUT2D eigenvalue weighted by molar-refractivity contribution is 0.428. The molecule has 8 nitrogen and oxygen atoms in total. The standard InChI is InChI=1S/C25H23ClFN7OS/c26-19-5-1-2-6-23(19)36-34-16-7-8-22(20(27)12-16)35-24-18(14-29-15-31-24)21-9-11-30-25(33-21)32-17-4-3-10-28-13-17/h1-2,5-9,11-12,14-15,17,28,34H,3-4,10,13H2,(H,30,32,33). The van der Waals surface area contributed by atoms with E-state index in [2.05, 4.69) is 35.3 Å². The second-order valence-electron chi connectivity index (χ2n) is 8.08. The molecule has 1 unspecified atom stereocenters. The topological polar surface area (TPSA) is 96.9 Å². The lowest BCUT2D eigenvalue weighted by atomic mass is 10.1. The summed E-state index contributed by atoms with van der Waals surface area (Å²) < 4.78 is 23.9. The molecule has 0 amide bonds. The smallest absolute Gasteiger partial charge is 0.231 e. The van der Waals surface area contributed by atoms with Crippen molar-refractivity contribution in [2.75, 3.05) is 23.1 Å². The number of rotatable bonds is 8. The minimum Gasteiger partial charge on any atom is -0.435 e. The summed E-state index contributed by atoms with van der Waals surface area (Å²) in [6.07, 6.45) is 6.74. The maximum absolute atomic E-state index is 14.9. The van der Waals surface area contributed by atoms with Crippen LogP contribution in [-0.4, -0.2) is 39.1 Å². The van der Waals surface area contributed by atoms with Crippen LogP contribution in [0.25, 0.3) is 11.3 Å². The molecule has 184 valence electrons. The third-order valence-corrected chi connectivity index (χ3v) is 6.85. The summed E-state index contributed by atoms with van der Waals surface area (Å²) in [5.74, 6) is 0.191. The Morgan fingerprint density at radius 1 is 1.14 bits per heavy atom. The fourth-order valence-corrected chi connectivity index (χ4v) is 4.62. The van der Waals surface area contributed by atoms with E-state index in [1.54, 1.807) is 36.7 Å². The fourth-order valence-electron chi connectivity index (χ4n) is 3.70. The maximum atomic E-state index is 14.9. The van der Waals surface area contributed by atoms with E-state index < -0.39 is 5.82 Å². The quantitative estimate of drug-likeness (QED) is 0.247. The Labute approximate surface area is 217 Å². The van der Waals surface area contributed by atoms with Crippen LogP contribution in [0, 0.1) is 5.82 Å². The molecule has 3 heterocycles. The molecule has 0 bridgehead atoms. The Hall–Kier alpha value is -3.47. The third kappa shape index (κ3) is 6.01. The van der Waals surface area contributed by atoms with E-state index in [0.29, 0.717) is 27.9 Å². The first-order valence-corrected chi connectivity index (χ1v) is 12.6. The van der Waals surface area contributed by atoms with Crippen molar-refractivity contribution in [2.45, 2.75) is 23.8 Å². The molecule has 0 saturated carbocycles. The Kier molecular flexibility index (Phi) is 7.75. The van der Waals surface area contributed by atoms with Gasteiger partial charge in [-0.25, -0.2) is 24.3 Å². The number of nitrogens with one attached hydrogen (secondary N) is 3. The van der Waals surface area contributed by atoms with Gasteiger partial charge >= 0.3 is 0 Å². The summed E-state index contributed by atoms with van der Waals surface area (Å²) >= 11 is 7.48. The highest BCUT2D eigenvalue weighted by Gasteiger charge is 2.17. The molecular weight excluding hydrogens is 501 g/mol. The highest BCUT2D eigenvalue weighted by molar-refractivity contribution is 8.00. The van der Waals surface area contributed by atoms with E-state index in [9.17, 15) is 4.39 Å². The molecular formula is C25H23ClFN7OS. The Morgan fingerprint density at radius 2 is 2.06 bits per heavy atom. The molecule has 1 saturated heterocycles. The summed E-state index contributed by atoms with van der Waals surface area (Å²) in [6.45, 7) is 1.88. The molecule has 2 aromatic carbocycles. The monoisotopic (exact) mass is 523 g/mol. The van der Waals surface area contributed by atoms with Gasteiger partial charge in [0.05, 0.1) is 16.3 Å². The van der Waals surface area contributed by atoms with Crippen molar-refractivity contribution >= 4 is 35.2 Å². The molecule has 2 aromatic heterocycles. The second-order valence-corrected chi connectivity index (χ2v) is 9.33. The number of nitrogens with zero attached hydrogens (tertiary/aromatic N) is 4. The predicted molar refractivity (Wildman–Crippen MR) is 140 cm³/mol. The van der Waals surface area contributed by atoms with Gasteiger partial charge in [-0.15, -0.1) is 0 Å². The molecule has 1 atom stereocenters. The Balaban J connectivity index is 1.31. The maximum Gasteiger partial charge on any atom is 0.231 e. The van der Waals surface area contributed by atoms with Crippen LogP contribution in [0.2, 0.25) is 5.02 Å². The predicted octanol–water partition coefficient (Wildman–Crippen LogP) is 5.80. The molecule has 1 fully saturated rings. The van der Waals surface area contributed by atoms with Gasteiger partial charge in [-0.3, -0.25) is 0 Å². The van der Waals surface area contributed by atoms with Gasteiger partial charge in [-0.05, 0) is 61.7 Å². The lowest BCUT2D eigenvalue weighted by Crippen LogP contribution is -2.38. The molecule has 1 aliphatic heterocycles. The largest absolute Gasteiger partial charge is 0.435 e. The van der Waals surface area contributed by atoms with Gasteiger partial charge in [0.2, 0.25) is 11.8 Å². The number of benzene rings is 2. The second kappa shape index (κ2) is 11.5. The van der Waals surface area contributed by atoms with E-state index in [1.165, 1.54) is 24.3 Å². The number of piperidine rings is 1. The average Bonchev–Trinajstić information content (AvgIpc) is 2.91. The fraction of sp³-hybridized carbons (Fsp3) is 0.200. The summed E-state index contributed by atoms with van der Waals surface area (Å²) in [5, 5.41) is 7.34. The highest BCUT2D eigenvalue weighted by Crippen LogP contribution is 2.33. The van der Waals surface area contributed by atoms with Crippen LogP contribution >= 0.6 is 23.5 Å². The molecule has 3 N–H and O–H groups in total. The van der Waals surface area contributed by atoms with Gasteiger partial charge in [0.1, 0.15) is 6.33 Å². The summed E-state index contributed by atoms with van der Waals surface area (Å²) in [5.41, 5.74) is 1.67. The van der Waals surface area contributed by atoms with Gasteiger partial charge in [0.15, 0.2) is 11.6 Å². The van der Waals surface area contributed by atoms with E-state index in [0.717, 1.165) is 30.8 Å². The van der Waals surface area contributed by atoms with Crippen molar-refractivity contribution < 1.29 is 9.13 Å². The summed E-state index contributed by atoms with van der Waals surface area (Å²) in [7, 11) is 0. The Morgan fingerprint density at radius 3 is 2.89 bits per heavy atom. The van der Waals surface area contributed by atoms with Crippen molar-refractivity contribution in [2.24, 2.45) is 0 Å². The zero-order valence-corrected chi connectivity index (χ0v) is 20.7. The SMILES string of the molecule is Fc1cc(NSc2ccccc2Cl)ccc1Oc1ncncc1-c1ccnc(NC2CCCNC2)n1. The number of hydrogen-bond donors (Lipinski definition) is 3. The van der Waals surface area contributed by atoms with Crippen LogP contribution in [-0.2, 0) is 0 Å². The first-order chi connectivity index (χ1) is 17.7. The molecule has 0 spiro atoms. The van der Waals surface area contributed by atoms with Crippen LogP contribution in [0.5, 0.6) is 11.6 Å². The first-order valence-electron chi connectivity index (χ1n) is 11.4. The molecule has 0 aliphatic carbocycles. The van der Waals surface area contributed by atoms with Crippen molar-refractivity contribution in [1.29, 1.82) is 0 Å². The number of anilines is 2. The minimum absolute atomic E-state index is 0.0314. The van der Waals surface area contributed by atoms with Crippen LogP contribution in [0.15, 0.2) is 72.1 Å². The van der Waals surface area contributed by atoms with Crippen LogP contribution in [0.4, 0.5) is 16.0 Å². The van der Waals surface area contributed by atoms with Gasteiger partial charge in [0, 0.05) is 41.6 Å². The van der Waals surface area contributed by atoms with Gasteiger partial charge < -0.3 is 20.1 Å². The zero-order chi connectivity index (χ0) is 24.7.